The lowest BCUT2D eigenvalue weighted by Crippen LogP contribution is -2.39. The lowest BCUT2D eigenvalue weighted by Gasteiger charge is -2.36. The molecule has 1 aliphatic carbocycles. The first-order valence-corrected chi connectivity index (χ1v) is 13.2. The minimum atomic E-state index is -0.175. The topological polar surface area (TPSA) is 30.9 Å². The summed E-state index contributed by atoms with van der Waals surface area (Å²) in [4.78, 5) is 2.28. The molecule has 5 rings (SSSR count). The van der Waals surface area contributed by atoms with E-state index in [1.807, 2.05) is 31.2 Å². The van der Waals surface area contributed by atoms with Crippen LogP contribution in [0.2, 0.25) is 0 Å². The number of halogens is 1. The van der Waals surface area contributed by atoms with Crippen molar-refractivity contribution in [3.63, 3.8) is 0 Å². The minimum absolute atomic E-state index is 0.160. The molecule has 0 spiro atoms. The fourth-order valence-electron chi connectivity index (χ4n) is 5.75. The van der Waals surface area contributed by atoms with Crippen LogP contribution in [-0.2, 0) is 22.5 Å². The van der Waals surface area contributed by atoms with E-state index in [4.69, 9.17) is 14.2 Å². The van der Waals surface area contributed by atoms with Crippen molar-refractivity contribution in [3.05, 3.63) is 100 Å². The summed E-state index contributed by atoms with van der Waals surface area (Å²) in [6.07, 6.45) is 5.74. The molecule has 0 aromatic heterocycles. The van der Waals surface area contributed by atoms with Crippen molar-refractivity contribution >= 4 is 11.3 Å². The second-order valence-electron chi connectivity index (χ2n) is 10.0. The van der Waals surface area contributed by atoms with Crippen molar-refractivity contribution in [1.29, 1.82) is 0 Å². The van der Waals surface area contributed by atoms with E-state index in [0.717, 1.165) is 72.5 Å². The number of piperidine rings is 1. The fourth-order valence-corrected chi connectivity index (χ4v) is 5.75. The Morgan fingerprint density at radius 1 is 0.973 bits per heavy atom. The first-order chi connectivity index (χ1) is 18.1. The Kier molecular flexibility index (Phi) is 7.92. The molecular formula is C32H36FNO3. The van der Waals surface area contributed by atoms with Crippen LogP contribution in [0, 0.1) is 18.7 Å². The number of rotatable bonds is 8. The van der Waals surface area contributed by atoms with Gasteiger partial charge in [-0.2, -0.15) is 0 Å². The first kappa shape index (κ1) is 25.5. The van der Waals surface area contributed by atoms with Gasteiger partial charge in [0.25, 0.3) is 0 Å². The molecule has 0 bridgehead atoms. The third kappa shape index (κ3) is 5.58. The molecule has 0 saturated carbocycles. The van der Waals surface area contributed by atoms with Crippen LogP contribution in [0.25, 0.3) is 5.57 Å². The van der Waals surface area contributed by atoms with E-state index in [1.165, 1.54) is 5.56 Å². The van der Waals surface area contributed by atoms with Crippen LogP contribution in [0.15, 0.2) is 66.7 Å². The number of allylic oxidation sites excluding steroid dienone is 1. The van der Waals surface area contributed by atoms with E-state index >= 15 is 4.39 Å². The van der Waals surface area contributed by atoms with E-state index in [1.54, 1.807) is 20.3 Å². The highest BCUT2D eigenvalue weighted by molar-refractivity contribution is 5.85. The standard InChI is InChI=1S/C32H36FNO3/c1-22-18-26(34-16-14-24(15-17-34)32(35-2)36-3)20-30(33)31(22)29-11-7-10-25-19-27(12-13-28(25)29)37-21-23-8-5-4-6-9-23/h4-6,8-9,11-13,18-20,24,32H,7,10,14-17,21H2,1-3H3. The SMILES string of the molecule is COC(OC)C1CCN(c2cc(C)c(C3=CCCc4cc(OCc5ccccc5)ccc43)c(F)c2)CC1. The molecule has 0 amide bonds. The molecule has 0 radical (unpaired) electrons. The number of aryl methyl sites for hydroxylation is 2. The minimum Gasteiger partial charge on any atom is -0.489 e. The number of hydrogen-bond donors (Lipinski definition) is 0. The number of methoxy groups -OCH3 is 2. The highest BCUT2D eigenvalue weighted by Gasteiger charge is 2.28. The Hall–Kier alpha value is -3.15. The number of benzene rings is 3. The highest BCUT2D eigenvalue weighted by Crippen LogP contribution is 2.38. The monoisotopic (exact) mass is 501 g/mol. The third-order valence-electron chi connectivity index (χ3n) is 7.67. The van der Waals surface area contributed by atoms with Gasteiger partial charge in [-0.1, -0.05) is 42.5 Å². The number of fused-ring (bicyclic) bond motifs is 1. The second kappa shape index (κ2) is 11.5. The van der Waals surface area contributed by atoms with Crippen LogP contribution < -0.4 is 9.64 Å². The molecule has 1 saturated heterocycles. The fraction of sp³-hybridized carbons (Fsp3) is 0.375. The summed E-state index contributed by atoms with van der Waals surface area (Å²) in [6, 6.07) is 20.2. The summed E-state index contributed by atoms with van der Waals surface area (Å²) < 4.78 is 32.7. The van der Waals surface area contributed by atoms with Crippen molar-refractivity contribution in [2.45, 2.75) is 45.5 Å². The maximum Gasteiger partial charge on any atom is 0.159 e. The zero-order valence-corrected chi connectivity index (χ0v) is 22.0. The van der Waals surface area contributed by atoms with Crippen molar-refractivity contribution in [3.8, 4) is 5.75 Å². The summed E-state index contributed by atoms with van der Waals surface area (Å²) in [5.74, 6) is 1.05. The molecule has 2 aliphatic rings. The third-order valence-corrected chi connectivity index (χ3v) is 7.67. The van der Waals surface area contributed by atoms with Crippen LogP contribution in [0.5, 0.6) is 5.75 Å². The molecule has 1 heterocycles. The normalized spacial score (nSPS) is 16.0. The van der Waals surface area contributed by atoms with Crippen LogP contribution in [-0.4, -0.2) is 33.6 Å². The van der Waals surface area contributed by atoms with Gasteiger partial charge in [-0.25, -0.2) is 4.39 Å². The molecule has 0 unspecified atom stereocenters. The van der Waals surface area contributed by atoms with E-state index < -0.39 is 0 Å². The maximum absolute atomic E-state index is 15.7. The molecular weight excluding hydrogens is 465 g/mol. The average molecular weight is 502 g/mol. The number of hydrogen-bond acceptors (Lipinski definition) is 4. The molecule has 3 aromatic rings. The van der Waals surface area contributed by atoms with Crippen LogP contribution in [0.3, 0.4) is 0 Å². The quantitative estimate of drug-likeness (QED) is 0.313. The maximum atomic E-state index is 15.7. The van der Waals surface area contributed by atoms with Gasteiger partial charge in [0.05, 0.1) is 0 Å². The Morgan fingerprint density at radius 2 is 1.73 bits per heavy atom. The van der Waals surface area contributed by atoms with Gasteiger partial charge < -0.3 is 19.1 Å². The smallest absolute Gasteiger partial charge is 0.159 e. The second-order valence-corrected chi connectivity index (χ2v) is 10.0. The lowest BCUT2D eigenvalue weighted by molar-refractivity contribution is -0.141. The number of nitrogens with zero attached hydrogens (tertiary/aromatic N) is 1. The van der Waals surface area contributed by atoms with Gasteiger partial charge >= 0.3 is 0 Å². The zero-order chi connectivity index (χ0) is 25.8. The summed E-state index contributed by atoms with van der Waals surface area (Å²) in [5.41, 5.74) is 7.05. The summed E-state index contributed by atoms with van der Waals surface area (Å²) in [6.45, 7) is 4.28. The largest absolute Gasteiger partial charge is 0.489 e. The molecule has 0 N–H and O–H groups in total. The summed E-state index contributed by atoms with van der Waals surface area (Å²) in [5, 5.41) is 0. The van der Waals surface area contributed by atoms with Crippen molar-refractivity contribution < 1.29 is 18.6 Å². The van der Waals surface area contributed by atoms with Gasteiger partial charge in [0, 0.05) is 44.5 Å². The van der Waals surface area contributed by atoms with Crippen molar-refractivity contribution in [2.75, 3.05) is 32.2 Å². The predicted molar refractivity (Wildman–Crippen MR) is 146 cm³/mol. The van der Waals surface area contributed by atoms with Crippen LogP contribution in [0.4, 0.5) is 10.1 Å². The highest BCUT2D eigenvalue weighted by atomic mass is 19.1. The Labute approximate surface area is 219 Å². The van der Waals surface area contributed by atoms with Gasteiger partial charge in [0.2, 0.25) is 0 Å². The lowest BCUT2D eigenvalue weighted by atomic mass is 9.84. The van der Waals surface area contributed by atoms with Gasteiger partial charge in [0.1, 0.15) is 18.2 Å². The average Bonchev–Trinajstić information content (AvgIpc) is 2.93. The van der Waals surface area contributed by atoms with E-state index in [-0.39, 0.29) is 12.1 Å². The van der Waals surface area contributed by atoms with Crippen LogP contribution in [0.1, 0.15) is 47.1 Å². The van der Waals surface area contributed by atoms with Crippen molar-refractivity contribution in [1.82, 2.24) is 0 Å². The molecule has 1 fully saturated rings. The molecule has 194 valence electrons. The van der Waals surface area contributed by atoms with Gasteiger partial charge in [-0.05, 0) is 84.7 Å². The molecule has 4 nitrogen and oxygen atoms in total. The number of anilines is 1. The summed E-state index contributed by atoms with van der Waals surface area (Å²) >= 11 is 0. The van der Waals surface area contributed by atoms with Gasteiger partial charge in [-0.15, -0.1) is 0 Å². The Balaban J connectivity index is 1.32. The summed E-state index contributed by atoms with van der Waals surface area (Å²) in [7, 11) is 3.38. The Bertz CT molecular complexity index is 1220. The van der Waals surface area contributed by atoms with Crippen molar-refractivity contribution in [2.24, 2.45) is 5.92 Å². The van der Waals surface area contributed by atoms with Crippen LogP contribution >= 0.6 is 0 Å². The predicted octanol–water partition coefficient (Wildman–Crippen LogP) is 6.93. The Morgan fingerprint density at radius 3 is 2.43 bits per heavy atom. The number of ether oxygens (including phenoxy) is 3. The molecule has 3 aromatic carbocycles. The molecule has 5 heteroatoms. The molecule has 0 atom stereocenters. The van der Waals surface area contributed by atoms with E-state index in [0.29, 0.717) is 18.1 Å². The van der Waals surface area contributed by atoms with Gasteiger partial charge in [0.15, 0.2) is 6.29 Å². The molecule has 1 aliphatic heterocycles. The zero-order valence-electron chi connectivity index (χ0n) is 22.0. The van der Waals surface area contributed by atoms with E-state index in [9.17, 15) is 0 Å². The van der Waals surface area contributed by atoms with Gasteiger partial charge in [-0.3, -0.25) is 0 Å². The molecule has 37 heavy (non-hydrogen) atoms. The first-order valence-electron chi connectivity index (χ1n) is 13.2. The van der Waals surface area contributed by atoms with E-state index in [2.05, 4.69) is 41.3 Å².